The Balaban J connectivity index is 2.04. The maximum atomic E-state index is 13.8. The van der Waals surface area contributed by atoms with Gasteiger partial charge in [-0.1, -0.05) is 18.2 Å². The standard InChI is InChI=1S/C16H14FNO2/c1-19-11-7-6-10-8-15(20-14(10)9-11)16(18)12-4-2-3-5-13(12)17/h2-9,16H,18H2,1H3. The Morgan fingerprint density at radius 3 is 2.70 bits per heavy atom. The molecule has 1 aromatic heterocycles. The molecule has 0 aliphatic rings. The molecule has 2 N–H and O–H groups in total. The summed E-state index contributed by atoms with van der Waals surface area (Å²) in [6.45, 7) is 0. The predicted octanol–water partition coefficient (Wildman–Crippen LogP) is 3.63. The van der Waals surface area contributed by atoms with Crippen LogP contribution in [0.4, 0.5) is 4.39 Å². The molecule has 3 nitrogen and oxygen atoms in total. The second kappa shape index (κ2) is 4.98. The van der Waals surface area contributed by atoms with Gasteiger partial charge in [-0.25, -0.2) is 4.39 Å². The molecule has 0 saturated heterocycles. The van der Waals surface area contributed by atoms with Crippen LogP contribution >= 0.6 is 0 Å². The smallest absolute Gasteiger partial charge is 0.138 e. The van der Waals surface area contributed by atoms with E-state index in [4.69, 9.17) is 14.9 Å². The van der Waals surface area contributed by atoms with Crippen molar-refractivity contribution in [1.29, 1.82) is 0 Å². The summed E-state index contributed by atoms with van der Waals surface area (Å²) in [5.74, 6) is 0.897. The second-order valence-corrected chi connectivity index (χ2v) is 4.55. The Bertz CT molecular complexity index is 751. The molecule has 1 heterocycles. The van der Waals surface area contributed by atoms with Crippen LogP contribution < -0.4 is 10.5 Å². The minimum Gasteiger partial charge on any atom is -0.497 e. The zero-order chi connectivity index (χ0) is 14.1. The molecule has 0 radical (unpaired) electrons. The number of ether oxygens (including phenoxy) is 1. The third-order valence-electron chi connectivity index (χ3n) is 3.29. The van der Waals surface area contributed by atoms with Crippen molar-refractivity contribution in [2.45, 2.75) is 6.04 Å². The van der Waals surface area contributed by atoms with Crippen molar-refractivity contribution in [3.8, 4) is 5.75 Å². The zero-order valence-corrected chi connectivity index (χ0v) is 11.0. The molecule has 4 heteroatoms. The summed E-state index contributed by atoms with van der Waals surface area (Å²) in [5.41, 5.74) is 7.17. The fourth-order valence-electron chi connectivity index (χ4n) is 2.19. The molecular weight excluding hydrogens is 257 g/mol. The van der Waals surface area contributed by atoms with Crippen LogP contribution in [0, 0.1) is 5.82 Å². The lowest BCUT2D eigenvalue weighted by atomic mass is 10.0. The van der Waals surface area contributed by atoms with Crippen LogP contribution in [-0.2, 0) is 0 Å². The molecule has 0 spiro atoms. The Labute approximate surface area is 115 Å². The lowest BCUT2D eigenvalue weighted by Crippen LogP contribution is -2.12. The molecule has 102 valence electrons. The van der Waals surface area contributed by atoms with Gasteiger partial charge in [-0.05, 0) is 24.3 Å². The summed E-state index contributed by atoms with van der Waals surface area (Å²) in [4.78, 5) is 0. The number of hydrogen-bond donors (Lipinski definition) is 1. The zero-order valence-electron chi connectivity index (χ0n) is 11.0. The van der Waals surface area contributed by atoms with Gasteiger partial charge in [-0.15, -0.1) is 0 Å². The predicted molar refractivity (Wildman–Crippen MR) is 75.2 cm³/mol. The summed E-state index contributed by atoms with van der Waals surface area (Å²) in [7, 11) is 1.59. The highest BCUT2D eigenvalue weighted by molar-refractivity contribution is 5.79. The van der Waals surface area contributed by atoms with Gasteiger partial charge in [0.2, 0.25) is 0 Å². The van der Waals surface area contributed by atoms with Crippen LogP contribution in [0.5, 0.6) is 5.75 Å². The average molecular weight is 271 g/mol. The molecule has 2 aromatic carbocycles. The molecule has 20 heavy (non-hydrogen) atoms. The molecule has 0 bridgehead atoms. The topological polar surface area (TPSA) is 48.4 Å². The molecule has 0 amide bonds. The summed E-state index contributed by atoms with van der Waals surface area (Å²) in [6, 6.07) is 13.1. The number of nitrogens with two attached hydrogens (primary N) is 1. The highest BCUT2D eigenvalue weighted by Crippen LogP contribution is 2.29. The highest BCUT2D eigenvalue weighted by Gasteiger charge is 2.17. The van der Waals surface area contributed by atoms with E-state index in [1.54, 1.807) is 31.4 Å². The number of rotatable bonds is 3. The molecule has 1 atom stereocenters. The average Bonchev–Trinajstić information content (AvgIpc) is 2.89. The molecule has 3 aromatic rings. The number of furan rings is 1. The van der Waals surface area contributed by atoms with Crippen molar-refractivity contribution in [3.63, 3.8) is 0 Å². The van der Waals surface area contributed by atoms with Crippen molar-refractivity contribution < 1.29 is 13.5 Å². The van der Waals surface area contributed by atoms with Crippen molar-refractivity contribution in [2.24, 2.45) is 5.73 Å². The van der Waals surface area contributed by atoms with Crippen molar-refractivity contribution in [2.75, 3.05) is 7.11 Å². The highest BCUT2D eigenvalue weighted by atomic mass is 19.1. The Kier molecular flexibility index (Phi) is 3.16. The fraction of sp³-hybridized carbons (Fsp3) is 0.125. The molecule has 0 aliphatic heterocycles. The molecule has 0 fully saturated rings. The van der Waals surface area contributed by atoms with E-state index in [2.05, 4.69) is 0 Å². The third-order valence-corrected chi connectivity index (χ3v) is 3.29. The van der Waals surface area contributed by atoms with E-state index in [0.717, 1.165) is 5.39 Å². The monoisotopic (exact) mass is 271 g/mol. The van der Waals surface area contributed by atoms with Crippen LogP contribution in [0.2, 0.25) is 0 Å². The number of hydrogen-bond acceptors (Lipinski definition) is 3. The van der Waals surface area contributed by atoms with Gasteiger partial charge in [-0.3, -0.25) is 0 Å². The summed E-state index contributed by atoms with van der Waals surface area (Å²) in [6.07, 6.45) is 0. The first-order valence-corrected chi connectivity index (χ1v) is 6.26. The quantitative estimate of drug-likeness (QED) is 0.791. The van der Waals surface area contributed by atoms with Crippen molar-refractivity contribution in [1.82, 2.24) is 0 Å². The van der Waals surface area contributed by atoms with Crippen LogP contribution in [0.3, 0.4) is 0 Å². The van der Waals surface area contributed by atoms with E-state index in [9.17, 15) is 4.39 Å². The molecule has 0 saturated carbocycles. The molecular formula is C16H14FNO2. The van der Waals surface area contributed by atoms with Crippen LogP contribution in [0.25, 0.3) is 11.0 Å². The summed E-state index contributed by atoms with van der Waals surface area (Å²) < 4.78 is 24.6. The Hall–Kier alpha value is -2.33. The van der Waals surface area contributed by atoms with E-state index in [1.165, 1.54) is 6.07 Å². The van der Waals surface area contributed by atoms with E-state index < -0.39 is 6.04 Å². The summed E-state index contributed by atoms with van der Waals surface area (Å²) >= 11 is 0. The maximum Gasteiger partial charge on any atom is 0.138 e. The summed E-state index contributed by atoms with van der Waals surface area (Å²) in [5, 5.41) is 0.910. The first-order valence-electron chi connectivity index (χ1n) is 6.26. The minimum absolute atomic E-state index is 0.335. The van der Waals surface area contributed by atoms with E-state index in [-0.39, 0.29) is 5.82 Å². The number of methoxy groups -OCH3 is 1. The number of benzene rings is 2. The van der Waals surface area contributed by atoms with E-state index in [0.29, 0.717) is 22.7 Å². The van der Waals surface area contributed by atoms with Crippen LogP contribution in [-0.4, -0.2) is 7.11 Å². The van der Waals surface area contributed by atoms with Gasteiger partial charge in [0.05, 0.1) is 13.2 Å². The fourth-order valence-corrected chi connectivity index (χ4v) is 2.19. The van der Waals surface area contributed by atoms with Gasteiger partial charge in [-0.2, -0.15) is 0 Å². The lowest BCUT2D eigenvalue weighted by molar-refractivity contribution is 0.414. The third kappa shape index (κ3) is 2.14. The van der Waals surface area contributed by atoms with Crippen molar-refractivity contribution in [3.05, 3.63) is 65.7 Å². The number of fused-ring (bicyclic) bond motifs is 1. The molecule has 3 rings (SSSR count). The van der Waals surface area contributed by atoms with Gasteiger partial charge in [0.25, 0.3) is 0 Å². The number of halogens is 1. The first kappa shape index (κ1) is 12.7. The van der Waals surface area contributed by atoms with Gasteiger partial charge in [0.15, 0.2) is 0 Å². The van der Waals surface area contributed by atoms with Crippen LogP contribution in [0.1, 0.15) is 17.4 Å². The maximum absolute atomic E-state index is 13.8. The Morgan fingerprint density at radius 2 is 1.95 bits per heavy atom. The van der Waals surface area contributed by atoms with Gasteiger partial charge < -0.3 is 14.9 Å². The van der Waals surface area contributed by atoms with Gasteiger partial charge in [0.1, 0.15) is 22.9 Å². The second-order valence-electron chi connectivity index (χ2n) is 4.55. The largest absolute Gasteiger partial charge is 0.497 e. The van der Waals surface area contributed by atoms with E-state index >= 15 is 0 Å². The normalized spacial score (nSPS) is 12.6. The molecule has 0 aliphatic carbocycles. The lowest BCUT2D eigenvalue weighted by Gasteiger charge is -2.09. The van der Waals surface area contributed by atoms with Gasteiger partial charge in [0, 0.05) is 17.0 Å². The van der Waals surface area contributed by atoms with Crippen molar-refractivity contribution >= 4 is 11.0 Å². The molecule has 1 unspecified atom stereocenters. The Morgan fingerprint density at radius 1 is 1.15 bits per heavy atom. The minimum atomic E-state index is -0.630. The van der Waals surface area contributed by atoms with Gasteiger partial charge >= 0.3 is 0 Å². The van der Waals surface area contributed by atoms with Crippen LogP contribution in [0.15, 0.2) is 52.9 Å². The first-order chi connectivity index (χ1) is 9.69. The SMILES string of the molecule is COc1ccc2cc(C(N)c3ccccc3F)oc2c1. The van der Waals surface area contributed by atoms with E-state index in [1.807, 2.05) is 18.2 Å².